The molecule has 2 fully saturated rings. The Morgan fingerprint density at radius 2 is 2.20 bits per heavy atom. The molecule has 4 rings (SSSR count). The standard InChI is InChI=1S/C19H24N4O2/c1-12-7-9-20-23(12)14-6-4-5-13(11-14)21-18(24)22-16-15-8-10-25-17(15)19(16,2)3/h4-7,9,11,15-17H,8,10H2,1-3H3,(H2,21,22,24)/t15-,16+,17-/m0/s1. The maximum absolute atomic E-state index is 12.5. The van der Waals surface area contributed by atoms with Crippen molar-refractivity contribution in [3.63, 3.8) is 0 Å². The van der Waals surface area contributed by atoms with Crippen LogP contribution in [0.2, 0.25) is 0 Å². The maximum Gasteiger partial charge on any atom is 0.319 e. The summed E-state index contributed by atoms with van der Waals surface area (Å²) in [6.45, 7) is 7.11. The average Bonchev–Trinajstić information content (AvgIpc) is 3.20. The quantitative estimate of drug-likeness (QED) is 0.902. The van der Waals surface area contributed by atoms with Crippen molar-refractivity contribution in [3.05, 3.63) is 42.2 Å². The Bertz CT molecular complexity index is 798. The van der Waals surface area contributed by atoms with Gasteiger partial charge in [0, 0.05) is 41.6 Å². The maximum atomic E-state index is 12.5. The normalized spacial score (nSPS) is 26.6. The van der Waals surface area contributed by atoms with E-state index >= 15 is 0 Å². The van der Waals surface area contributed by atoms with Crippen LogP contribution in [0.1, 0.15) is 26.0 Å². The second-order valence-corrected chi connectivity index (χ2v) is 7.58. The highest BCUT2D eigenvalue weighted by Gasteiger charge is 2.59. The highest BCUT2D eigenvalue weighted by molar-refractivity contribution is 5.90. The molecule has 3 atom stereocenters. The lowest BCUT2D eigenvalue weighted by Crippen LogP contribution is -2.67. The molecule has 6 heteroatoms. The average molecular weight is 340 g/mol. The Balaban J connectivity index is 1.44. The molecule has 2 amide bonds. The zero-order valence-electron chi connectivity index (χ0n) is 14.8. The number of hydrogen-bond acceptors (Lipinski definition) is 3. The molecule has 2 heterocycles. The molecule has 0 spiro atoms. The second-order valence-electron chi connectivity index (χ2n) is 7.58. The lowest BCUT2D eigenvalue weighted by atomic mass is 9.57. The van der Waals surface area contributed by atoms with E-state index in [1.165, 1.54) is 0 Å². The number of aromatic nitrogens is 2. The molecule has 1 saturated heterocycles. The van der Waals surface area contributed by atoms with Crippen LogP contribution in [0, 0.1) is 18.3 Å². The van der Waals surface area contributed by atoms with E-state index in [0.717, 1.165) is 30.1 Å². The molecule has 0 unspecified atom stereocenters. The summed E-state index contributed by atoms with van der Waals surface area (Å²) in [7, 11) is 0. The molecular formula is C19H24N4O2. The van der Waals surface area contributed by atoms with E-state index < -0.39 is 0 Å². The number of urea groups is 1. The molecular weight excluding hydrogens is 316 g/mol. The van der Waals surface area contributed by atoms with E-state index in [1.807, 2.05) is 41.9 Å². The lowest BCUT2D eigenvalue weighted by Gasteiger charge is -2.54. The van der Waals surface area contributed by atoms with Crippen LogP contribution in [-0.4, -0.2) is 34.6 Å². The number of anilines is 1. The summed E-state index contributed by atoms with van der Waals surface area (Å²) in [5.74, 6) is 0.429. The Morgan fingerprint density at radius 3 is 2.96 bits per heavy atom. The third-order valence-electron chi connectivity index (χ3n) is 5.57. The zero-order valence-corrected chi connectivity index (χ0v) is 14.8. The van der Waals surface area contributed by atoms with E-state index in [1.54, 1.807) is 6.20 Å². The van der Waals surface area contributed by atoms with E-state index in [2.05, 4.69) is 29.6 Å². The number of nitrogens with one attached hydrogen (secondary N) is 2. The molecule has 6 nitrogen and oxygen atoms in total. The van der Waals surface area contributed by atoms with Crippen LogP contribution in [0.15, 0.2) is 36.5 Å². The number of hydrogen-bond donors (Lipinski definition) is 2. The van der Waals surface area contributed by atoms with Crippen LogP contribution in [-0.2, 0) is 4.74 Å². The van der Waals surface area contributed by atoms with Gasteiger partial charge in [0.1, 0.15) is 0 Å². The Hall–Kier alpha value is -2.34. The molecule has 25 heavy (non-hydrogen) atoms. The predicted octanol–water partition coefficient (Wildman–Crippen LogP) is 3.12. The number of carbonyl (C=O) groups is 1. The van der Waals surface area contributed by atoms with Gasteiger partial charge in [-0.3, -0.25) is 0 Å². The van der Waals surface area contributed by atoms with Crippen molar-refractivity contribution in [3.8, 4) is 5.69 Å². The highest BCUT2D eigenvalue weighted by atomic mass is 16.5. The first-order valence-electron chi connectivity index (χ1n) is 8.77. The van der Waals surface area contributed by atoms with Crippen LogP contribution in [0.4, 0.5) is 10.5 Å². The van der Waals surface area contributed by atoms with Gasteiger partial charge in [-0.1, -0.05) is 19.9 Å². The van der Waals surface area contributed by atoms with Gasteiger partial charge in [-0.05, 0) is 37.6 Å². The molecule has 2 aromatic rings. The number of aryl methyl sites for hydroxylation is 1. The Morgan fingerprint density at radius 1 is 1.36 bits per heavy atom. The van der Waals surface area contributed by atoms with Crippen molar-refractivity contribution in [1.29, 1.82) is 0 Å². The minimum atomic E-state index is -0.169. The molecule has 1 saturated carbocycles. The molecule has 1 aliphatic heterocycles. The van der Waals surface area contributed by atoms with Crippen molar-refractivity contribution in [2.45, 2.75) is 39.3 Å². The van der Waals surface area contributed by atoms with Gasteiger partial charge >= 0.3 is 6.03 Å². The van der Waals surface area contributed by atoms with E-state index in [0.29, 0.717) is 5.92 Å². The Kier molecular flexibility index (Phi) is 3.80. The van der Waals surface area contributed by atoms with Crippen molar-refractivity contribution in [2.24, 2.45) is 11.3 Å². The zero-order chi connectivity index (χ0) is 17.6. The van der Waals surface area contributed by atoms with Crippen molar-refractivity contribution in [2.75, 3.05) is 11.9 Å². The van der Waals surface area contributed by atoms with Gasteiger partial charge in [-0.15, -0.1) is 0 Å². The van der Waals surface area contributed by atoms with Crippen LogP contribution < -0.4 is 10.6 Å². The third kappa shape index (κ3) is 2.70. The summed E-state index contributed by atoms with van der Waals surface area (Å²) in [6.07, 6.45) is 3.05. The fraction of sp³-hybridized carbons (Fsp3) is 0.474. The van der Waals surface area contributed by atoms with Crippen LogP contribution in [0.5, 0.6) is 0 Å². The van der Waals surface area contributed by atoms with Crippen LogP contribution in [0.3, 0.4) is 0 Å². The van der Waals surface area contributed by atoms with Gasteiger partial charge in [-0.25, -0.2) is 9.48 Å². The van der Waals surface area contributed by atoms with Gasteiger partial charge in [0.2, 0.25) is 0 Å². The largest absolute Gasteiger partial charge is 0.377 e. The van der Waals surface area contributed by atoms with Gasteiger partial charge in [-0.2, -0.15) is 5.10 Å². The smallest absolute Gasteiger partial charge is 0.319 e. The summed E-state index contributed by atoms with van der Waals surface area (Å²) in [4.78, 5) is 12.5. The molecule has 1 aromatic carbocycles. The molecule has 1 aromatic heterocycles. The van der Waals surface area contributed by atoms with Crippen LogP contribution >= 0.6 is 0 Å². The predicted molar refractivity (Wildman–Crippen MR) is 95.9 cm³/mol. The fourth-order valence-corrected chi connectivity index (χ4v) is 4.28. The number of carbonyl (C=O) groups excluding carboxylic acids is 1. The van der Waals surface area contributed by atoms with Crippen molar-refractivity contribution < 1.29 is 9.53 Å². The molecule has 1 aliphatic carbocycles. The molecule has 2 N–H and O–H groups in total. The first-order chi connectivity index (χ1) is 12.0. The number of rotatable bonds is 3. The Labute approximate surface area is 147 Å². The fourth-order valence-electron chi connectivity index (χ4n) is 4.28. The third-order valence-corrected chi connectivity index (χ3v) is 5.57. The topological polar surface area (TPSA) is 68.2 Å². The number of ether oxygens (including phenoxy) is 1. The minimum Gasteiger partial charge on any atom is -0.377 e. The first-order valence-corrected chi connectivity index (χ1v) is 8.77. The number of amides is 2. The van der Waals surface area contributed by atoms with Gasteiger partial charge < -0.3 is 15.4 Å². The number of benzene rings is 1. The summed E-state index contributed by atoms with van der Waals surface area (Å²) >= 11 is 0. The van der Waals surface area contributed by atoms with Crippen LogP contribution in [0.25, 0.3) is 5.69 Å². The first kappa shape index (κ1) is 16.1. The molecule has 132 valence electrons. The lowest BCUT2D eigenvalue weighted by molar-refractivity contribution is -0.107. The van der Waals surface area contributed by atoms with E-state index in [4.69, 9.17) is 4.74 Å². The highest BCUT2D eigenvalue weighted by Crippen LogP contribution is 2.52. The van der Waals surface area contributed by atoms with Gasteiger partial charge in [0.05, 0.1) is 11.8 Å². The summed E-state index contributed by atoms with van der Waals surface area (Å²) < 4.78 is 7.63. The van der Waals surface area contributed by atoms with Crippen molar-refractivity contribution in [1.82, 2.24) is 15.1 Å². The molecule has 2 aliphatic rings. The molecule has 0 bridgehead atoms. The van der Waals surface area contributed by atoms with Crippen molar-refractivity contribution >= 4 is 11.7 Å². The monoisotopic (exact) mass is 340 g/mol. The summed E-state index contributed by atoms with van der Waals surface area (Å²) in [5.41, 5.74) is 2.70. The van der Waals surface area contributed by atoms with Gasteiger partial charge in [0.25, 0.3) is 0 Å². The van der Waals surface area contributed by atoms with E-state index in [-0.39, 0.29) is 23.6 Å². The van der Waals surface area contributed by atoms with E-state index in [9.17, 15) is 4.79 Å². The summed E-state index contributed by atoms with van der Waals surface area (Å²) in [5, 5.41) is 10.4. The van der Waals surface area contributed by atoms with Gasteiger partial charge in [0.15, 0.2) is 0 Å². The minimum absolute atomic E-state index is 0.0213. The molecule has 0 radical (unpaired) electrons. The number of nitrogens with zero attached hydrogens (tertiary/aromatic N) is 2. The number of fused-ring (bicyclic) bond motifs is 1. The second kappa shape index (κ2) is 5.88. The summed E-state index contributed by atoms with van der Waals surface area (Å²) in [6, 6.07) is 9.63. The SMILES string of the molecule is Cc1ccnn1-c1cccc(NC(=O)N[C@@H]2[C@@H]3CCO[C@@H]3C2(C)C)c1.